The van der Waals surface area contributed by atoms with E-state index < -0.39 is 0 Å². The maximum Gasteiger partial charge on any atom is 0.272 e. The SMILES string of the molecule is C=C(C)Cn1c(SC)nc2c3c(sc2c1=O)CC(C)(CC)OC3. The molecule has 0 amide bonds. The van der Waals surface area contributed by atoms with Crippen molar-refractivity contribution >= 4 is 33.3 Å². The van der Waals surface area contributed by atoms with E-state index >= 15 is 0 Å². The van der Waals surface area contributed by atoms with Crippen molar-refractivity contribution in [3.05, 3.63) is 32.9 Å². The van der Waals surface area contributed by atoms with Crippen LogP contribution in [0.5, 0.6) is 0 Å². The molecule has 2 aromatic rings. The van der Waals surface area contributed by atoms with Gasteiger partial charge in [-0.15, -0.1) is 11.3 Å². The number of nitrogens with zero attached hydrogens (tertiary/aromatic N) is 2. The lowest BCUT2D eigenvalue weighted by atomic mass is 9.93. The topological polar surface area (TPSA) is 44.1 Å². The van der Waals surface area contributed by atoms with Crippen molar-refractivity contribution in [2.75, 3.05) is 6.26 Å². The summed E-state index contributed by atoms with van der Waals surface area (Å²) in [6, 6.07) is 0. The van der Waals surface area contributed by atoms with Crippen LogP contribution >= 0.6 is 23.1 Å². The Morgan fingerprint density at radius 1 is 1.57 bits per heavy atom. The molecule has 0 saturated carbocycles. The summed E-state index contributed by atoms with van der Waals surface area (Å²) in [6.07, 6.45) is 3.77. The molecule has 124 valence electrons. The smallest absolute Gasteiger partial charge is 0.272 e. The van der Waals surface area contributed by atoms with Crippen molar-refractivity contribution < 1.29 is 4.74 Å². The van der Waals surface area contributed by atoms with Gasteiger partial charge >= 0.3 is 0 Å². The van der Waals surface area contributed by atoms with Crippen molar-refractivity contribution in [2.24, 2.45) is 0 Å². The molecule has 4 nitrogen and oxygen atoms in total. The second kappa shape index (κ2) is 6.07. The van der Waals surface area contributed by atoms with E-state index in [1.165, 1.54) is 16.6 Å². The first kappa shape index (κ1) is 16.7. The molecule has 0 fully saturated rings. The summed E-state index contributed by atoms with van der Waals surface area (Å²) in [5, 5.41) is 0.745. The van der Waals surface area contributed by atoms with Gasteiger partial charge in [0.25, 0.3) is 5.56 Å². The van der Waals surface area contributed by atoms with Crippen LogP contribution in [0.1, 0.15) is 37.6 Å². The van der Waals surface area contributed by atoms with Crippen LogP contribution in [0.2, 0.25) is 0 Å². The molecule has 3 rings (SSSR count). The minimum Gasteiger partial charge on any atom is -0.370 e. The average molecular weight is 351 g/mol. The fourth-order valence-electron chi connectivity index (χ4n) is 2.85. The minimum absolute atomic E-state index is 0.0416. The van der Waals surface area contributed by atoms with Gasteiger partial charge in [-0.25, -0.2) is 4.98 Å². The molecule has 1 aliphatic rings. The standard InChI is InChI=1S/C17H22N2O2S2/c1-6-17(4)7-12-11(9-21-17)13-14(23-12)15(20)19(8-10(2)3)16(18-13)22-5/h2,6-9H2,1,3-5H3. The number of ether oxygens (including phenoxy) is 1. The molecule has 1 aliphatic heterocycles. The predicted octanol–water partition coefficient (Wildman–Crippen LogP) is 4.00. The first-order valence-corrected chi connectivity index (χ1v) is 9.80. The molecule has 0 N–H and O–H groups in total. The first-order valence-electron chi connectivity index (χ1n) is 7.76. The molecule has 0 aliphatic carbocycles. The highest BCUT2D eigenvalue weighted by Gasteiger charge is 2.33. The maximum atomic E-state index is 12.9. The lowest BCUT2D eigenvalue weighted by Crippen LogP contribution is -2.33. The highest BCUT2D eigenvalue weighted by Crippen LogP contribution is 2.38. The number of thioether (sulfide) groups is 1. The summed E-state index contributed by atoms with van der Waals surface area (Å²) in [7, 11) is 0. The quantitative estimate of drug-likeness (QED) is 0.475. The molecular weight excluding hydrogens is 328 g/mol. The summed E-state index contributed by atoms with van der Waals surface area (Å²) < 4.78 is 8.53. The van der Waals surface area contributed by atoms with Gasteiger partial charge in [-0.1, -0.05) is 30.8 Å². The third-order valence-corrected chi connectivity index (χ3v) is 6.28. The van der Waals surface area contributed by atoms with Crippen LogP contribution in [0.25, 0.3) is 10.2 Å². The Morgan fingerprint density at radius 3 is 2.91 bits per heavy atom. The van der Waals surface area contributed by atoms with Gasteiger partial charge < -0.3 is 4.74 Å². The van der Waals surface area contributed by atoms with E-state index in [0.29, 0.717) is 13.2 Å². The van der Waals surface area contributed by atoms with Gasteiger partial charge in [0, 0.05) is 23.4 Å². The summed E-state index contributed by atoms with van der Waals surface area (Å²) in [6.45, 7) is 11.2. The number of aromatic nitrogens is 2. The third-order valence-electron chi connectivity index (χ3n) is 4.40. The van der Waals surface area contributed by atoms with E-state index in [4.69, 9.17) is 9.72 Å². The molecule has 0 spiro atoms. The molecule has 0 aromatic carbocycles. The van der Waals surface area contributed by atoms with E-state index in [0.717, 1.165) is 39.4 Å². The van der Waals surface area contributed by atoms with Crippen LogP contribution < -0.4 is 5.56 Å². The Morgan fingerprint density at radius 2 is 2.30 bits per heavy atom. The van der Waals surface area contributed by atoms with Crippen molar-refractivity contribution in [3.63, 3.8) is 0 Å². The van der Waals surface area contributed by atoms with Crippen LogP contribution in [-0.4, -0.2) is 21.4 Å². The van der Waals surface area contributed by atoms with E-state index in [-0.39, 0.29) is 11.2 Å². The normalized spacial score (nSPS) is 20.7. The van der Waals surface area contributed by atoms with E-state index in [9.17, 15) is 4.79 Å². The van der Waals surface area contributed by atoms with Crippen LogP contribution in [-0.2, 0) is 24.3 Å². The molecule has 0 radical (unpaired) electrons. The fourth-order valence-corrected chi connectivity index (χ4v) is 4.77. The van der Waals surface area contributed by atoms with E-state index in [1.54, 1.807) is 15.9 Å². The number of rotatable bonds is 4. The molecule has 2 aromatic heterocycles. The van der Waals surface area contributed by atoms with E-state index in [2.05, 4.69) is 20.4 Å². The zero-order chi connectivity index (χ0) is 16.8. The van der Waals surface area contributed by atoms with Crippen molar-refractivity contribution in [2.45, 2.75) is 57.5 Å². The van der Waals surface area contributed by atoms with Crippen molar-refractivity contribution in [1.29, 1.82) is 0 Å². The molecule has 1 unspecified atom stereocenters. The molecule has 6 heteroatoms. The molecule has 1 atom stereocenters. The highest BCUT2D eigenvalue weighted by atomic mass is 32.2. The predicted molar refractivity (Wildman–Crippen MR) is 97.7 cm³/mol. The second-order valence-corrected chi connectivity index (χ2v) is 8.28. The first-order chi connectivity index (χ1) is 10.9. The summed E-state index contributed by atoms with van der Waals surface area (Å²) in [5.41, 5.74) is 2.79. The lowest BCUT2D eigenvalue weighted by Gasteiger charge is -2.32. The van der Waals surface area contributed by atoms with Gasteiger partial charge in [0.2, 0.25) is 0 Å². The molecule has 0 bridgehead atoms. The fraction of sp³-hybridized carbons (Fsp3) is 0.529. The Balaban J connectivity index is 2.21. The van der Waals surface area contributed by atoms with Crippen LogP contribution in [0.4, 0.5) is 0 Å². The van der Waals surface area contributed by atoms with Crippen LogP contribution in [0.3, 0.4) is 0 Å². The van der Waals surface area contributed by atoms with Gasteiger partial charge in [0.1, 0.15) is 4.70 Å². The molecule has 0 saturated heterocycles. The molecule has 23 heavy (non-hydrogen) atoms. The largest absolute Gasteiger partial charge is 0.370 e. The van der Waals surface area contributed by atoms with Crippen LogP contribution in [0, 0.1) is 0 Å². The zero-order valence-corrected chi connectivity index (χ0v) is 15.7. The van der Waals surface area contributed by atoms with Crippen molar-refractivity contribution in [1.82, 2.24) is 9.55 Å². The number of thiophene rings is 1. The van der Waals surface area contributed by atoms with E-state index in [1.807, 2.05) is 13.2 Å². The number of allylic oxidation sites excluding steroid dienone is 1. The lowest BCUT2D eigenvalue weighted by molar-refractivity contribution is -0.0546. The summed E-state index contributed by atoms with van der Waals surface area (Å²) in [4.78, 5) is 19.0. The summed E-state index contributed by atoms with van der Waals surface area (Å²) in [5.74, 6) is 0. The van der Waals surface area contributed by atoms with Gasteiger partial charge in [-0.3, -0.25) is 9.36 Å². The van der Waals surface area contributed by atoms with Gasteiger partial charge in [0.05, 0.1) is 17.7 Å². The Kier molecular flexibility index (Phi) is 4.42. The van der Waals surface area contributed by atoms with Gasteiger partial charge in [0.15, 0.2) is 5.16 Å². The average Bonchev–Trinajstić information content (AvgIpc) is 2.87. The second-order valence-electron chi connectivity index (χ2n) is 6.40. The van der Waals surface area contributed by atoms with Crippen LogP contribution in [0.15, 0.2) is 22.1 Å². The Bertz CT molecular complexity index is 837. The molecule has 3 heterocycles. The monoisotopic (exact) mass is 350 g/mol. The molecular formula is C17H22N2O2S2. The number of hydrogen-bond donors (Lipinski definition) is 0. The van der Waals surface area contributed by atoms with Gasteiger partial charge in [-0.05, 0) is 26.5 Å². The zero-order valence-electron chi connectivity index (χ0n) is 14.1. The van der Waals surface area contributed by atoms with Gasteiger partial charge in [-0.2, -0.15) is 0 Å². The summed E-state index contributed by atoms with van der Waals surface area (Å²) >= 11 is 3.09. The third kappa shape index (κ3) is 2.88. The van der Waals surface area contributed by atoms with Crippen molar-refractivity contribution in [3.8, 4) is 0 Å². The highest BCUT2D eigenvalue weighted by molar-refractivity contribution is 7.98. The minimum atomic E-state index is -0.132. The number of fused-ring (bicyclic) bond motifs is 3. The Hall–Kier alpha value is -1.11. The number of hydrogen-bond acceptors (Lipinski definition) is 5. The maximum absolute atomic E-state index is 12.9. The Labute approximate surface area is 144 Å².